The number of hydrogen-bond acceptors (Lipinski definition) is 22. The SMILES string of the molecule is C=CC1=C(C)c2cc3[nH]c(cc4nc(cc5[nH]c(cc1n2)c(C)c5CCC(=O)OC)C(CCC(=O)NNC(=O)OCCSSC[C@H](NC(=O)CC[C@@H](C)NC(=O)c1ccc(NCc2cnc5nc(N)[nH]c(=O)c5n2)cc1)C(=O)O)=C4C)[C@@]1(C)C3=CC=C(C(=O)OC)[C@H]1C(=O)OC. The molecule has 7 heterocycles. The van der Waals surface area contributed by atoms with Crippen molar-refractivity contribution in [1.82, 2.24) is 61.4 Å². The second kappa shape index (κ2) is 30.6. The van der Waals surface area contributed by atoms with E-state index in [4.69, 9.17) is 34.6 Å². The molecule has 11 N–H and O–H groups in total. The van der Waals surface area contributed by atoms with E-state index in [2.05, 4.69) is 63.3 Å². The molecule has 9 rings (SSSR count). The largest absolute Gasteiger partial charge is 0.480 e. The Bertz CT molecular complexity index is 4400. The predicted molar refractivity (Wildman–Crippen MR) is 362 cm³/mol. The lowest BCUT2D eigenvalue weighted by Gasteiger charge is -2.36. The molecule has 4 aromatic heterocycles. The summed E-state index contributed by atoms with van der Waals surface area (Å²) in [6.45, 7) is 13.5. The lowest BCUT2D eigenvalue weighted by Crippen LogP contribution is -2.43. The number of fused-ring (bicyclic) bond motifs is 12. The number of methoxy groups -OCH3 is 3. The zero-order valence-electron chi connectivity index (χ0n) is 53.8. The van der Waals surface area contributed by atoms with Crippen molar-refractivity contribution >= 4 is 131 Å². The van der Waals surface area contributed by atoms with Crippen LogP contribution in [0.1, 0.15) is 121 Å². The first kappa shape index (κ1) is 69.7. The number of nitrogens with two attached hydrogens (primary N) is 1. The Morgan fingerprint density at radius 1 is 0.802 bits per heavy atom. The van der Waals surface area contributed by atoms with Crippen LogP contribution in [0.15, 0.2) is 89.9 Å². The second-order valence-electron chi connectivity index (χ2n) is 22.8. The molecule has 30 heteroatoms. The minimum absolute atomic E-state index is 0.0202. The van der Waals surface area contributed by atoms with Crippen molar-refractivity contribution in [3.8, 4) is 0 Å². The van der Waals surface area contributed by atoms with Crippen molar-refractivity contribution < 1.29 is 62.4 Å². The molecule has 4 amide bonds. The number of ether oxygens (including phenoxy) is 4. The maximum absolute atomic E-state index is 14.0. The topological polar surface area (TPSA) is 409 Å². The van der Waals surface area contributed by atoms with E-state index in [1.165, 1.54) is 38.3 Å². The number of aromatic nitrogens is 8. The van der Waals surface area contributed by atoms with Crippen LogP contribution in [0.2, 0.25) is 0 Å². The molecule has 0 saturated carbocycles. The number of carbonyl (C=O) groups excluding carboxylic acids is 7. The molecule has 0 radical (unpaired) electrons. The van der Waals surface area contributed by atoms with Gasteiger partial charge in [0, 0.05) is 76.1 Å². The first-order valence-electron chi connectivity index (χ1n) is 30.3. The van der Waals surface area contributed by atoms with Gasteiger partial charge in [-0.25, -0.2) is 39.7 Å². The number of aryl methyl sites for hydroxylation is 2. The van der Waals surface area contributed by atoms with Crippen LogP contribution in [0.4, 0.5) is 16.4 Å². The van der Waals surface area contributed by atoms with Crippen LogP contribution < -0.4 is 38.1 Å². The third-order valence-electron chi connectivity index (χ3n) is 16.7. The van der Waals surface area contributed by atoms with Crippen LogP contribution in [-0.4, -0.2) is 144 Å². The summed E-state index contributed by atoms with van der Waals surface area (Å²) in [5, 5.41) is 18.4. The molecule has 1 aliphatic carbocycles. The van der Waals surface area contributed by atoms with E-state index in [0.717, 1.165) is 33.1 Å². The van der Waals surface area contributed by atoms with Crippen LogP contribution in [0.3, 0.4) is 0 Å². The summed E-state index contributed by atoms with van der Waals surface area (Å²) < 4.78 is 20.8. The fourth-order valence-corrected chi connectivity index (χ4v) is 13.4. The quantitative estimate of drug-likeness (QED) is 0.00919. The van der Waals surface area contributed by atoms with Crippen LogP contribution in [-0.2, 0) is 66.1 Å². The molecule has 8 bridgehead atoms. The van der Waals surface area contributed by atoms with Crippen molar-refractivity contribution in [2.75, 3.05) is 50.5 Å². The Labute approximate surface area is 557 Å². The van der Waals surface area contributed by atoms with E-state index in [9.17, 15) is 48.3 Å². The van der Waals surface area contributed by atoms with E-state index in [0.29, 0.717) is 85.3 Å². The Hall–Kier alpha value is -10.6. The van der Waals surface area contributed by atoms with Crippen molar-refractivity contribution in [3.63, 3.8) is 0 Å². The Kier molecular flexibility index (Phi) is 22.2. The van der Waals surface area contributed by atoms with Gasteiger partial charge in [-0.1, -0.05) is 46.4 Å². The van der Waals surface area contributed by atoms with Crippen molar-refractivity contribution in [1.29, 1.82) is 0 Å². The zero-order valence-corrected chi connectivity index (χ0v) is 55.5. The number of hydrazine groups is 1. The summed E-state index contributed by atoms with van der Waals surface area (Å²) in [5.41, 5.74) is 20.1. The van der Waals surface area contributed by atoms with Gasteiger partial charge in [0.15, 0.2) is 11.2 Å². The summed E-state index contributed by atoms with van der Waals surface area (Å²) >= 11 is 0. The molecule has 1 aromatic carbocycles. The van der Waals surface area contributed by atoms with Crippen molar-refractivity contribution in [3.05, 3.63) is 152 Å². The number of nitrogen functional groups attached to an aromatic ring is 1. The fraction of sp³-hybridized carbons (Fsp3) is 0.333. The van der Waals surface area contributed by atoms with Crippen LogP contribution in [0.25, 0.3) is 50.1 Å². The number of nitrogens with one attached hydrogen (secondary N) is 8. The van der Waals surface area contributed by atoms with Crippen LogP contribution in [0, 0.1) is 12.8 Å². The minimum atomic E-state index is -1.25. The fourth-order valence-electron chi connectivity index (χ4n) is 11.4. The molecule has 502 valence electrons. The number of esters is 3. The van der Waals surface area contributed by atoms with Crippen LogP contribution in [0.5, 0.6) is 0 Å². The van der Waals surface area contributed by atoms with Gasteiger partial charge in [0.2, 0.25) is 17.8 Å². The first-order chi connectivity index (χ1) is 45.9. The average molecular weight is 1350 g/mol. The number of H-pyrrole nitrogens is 3. The number of nitrogens with zero attached hydrogens (tertiary/aromatic N) is 5. The molecule has 5 aromatic rings. The van der Waals surface area contributed by atoms with E-state index >= 15 is 0 Å². The normalized spacial score (nSPS) is 15.8. The second-order valence-corrected chi connectivity index (χ2v) is 25.5. The van der Waals surface area contributed by atoms with Gasteiger partial charge in [-0.3, -0.25) is 39.2 Å². The van der Waals surface area contributed by atoms with Gasteiger partial charge in [0.05, 0.1) is 73.5 Å². The van der Waals surface area contributed by atoms with Gasteiger partial charge in [-0.05, 0) is 136 Å². The molecule has 0 unspecified atom stereocenters. The highest BCUT2D eigenvalue weighted by Crippen LogP contribution is 2.53. The number of allylic oxidation sites excluding steroid dienone is 8. The summed E-state index contributed by atoms with van der Waals surface area (Å²) in [5.74, 6) is -5.56. The van der Waals surface area contributed by atoms with Gasteiger partial charge >= 0.3 is 30.0 Å². The van der Waals surface area contributed by atoms with Gasteiger partial charge in [-0.15, -0.1) is 0 Å². The number of benzene rings is 1. The molecule has 4 aliphatic rings. The van der Waals surface area contributed by atoms with E-state index in [1.807, 2.05) is 45.9 Å². The lowest BCUT2D eigenvalue weighted by molar-refractivity contribution is -0.149. The van der Waals surface area contributed by atoms with Crippen LogP contribution >= 0.6 is 21.6 Å². The predicted octanol–water partition coefficient (Wildman–Crippen LogP) is 7.05. The highest BCUT2D eigenvalue weighted by molar-refractivity contribution is 8.76. The molecular formula is C66H72N14O14S2. The van der Waals surface area contributed by atoms with Gasteiger partial charge in [-0.2, -0.15) is 4.98 Å². The number of carboxylic acid groups (broad SMARTS) is 1. The number of amides is 4. The number of rotatable bonds is 25. The number of aliphatic carboxylic acids is 1. The summed E-state index contributed by atoms with van der Waals surface area (Å²) in [4.78, 5) is 149. The highest BCUT2D eigenvalue weighted by atomic mass is 33.1. The Morgan fingerprint density at radius 2 is 1.54 bits per heavy atom. The minimum Gasteiger partial charge on any atom is -0.480 e. The number of hydrogen-bond donors (Lipinski definition) is 10. The number of aromatic amines is 3. The molecular weight excluding hydrogens is 1280 g/mol. The van der Waals surface area contributed by atoms with Crippen molar-refractivity contribution in [2.45, 2.75) is 97.2 Å². The standard InChI is InChI=1S/C66H72N14O14S2/c1-10-39-33(3)45-26-50-43-19-16-42(62(88)92-8)56(63(89)93-9)66(43,6)52(75-50)28-46-35(5)40(48(74-46)27-49-41(18-22-55(83)91-7)34(4)44(73-49)25-47(39)72-45)17-21-54(82)79-80-65(90)94-23-24-95-96-31-51(61(86)87)76-53(81)20-11-32(2)70-59(84)36-12-14-37(15-13-36)68-29-38-30-69-58-57(71-38)60(85)78-64(67)77-58/h10,12-16,19,25-28,30,32,51,56,68,73,75H,1,11,17-18,20-24,29,31H2,2-9H3,(H,70,84)(H,76,81)(H,79,82)(H,80,90)(H,86,87)(H3,67,69,77,78,85)/t32-,51+,56+,66-/m1/s1. The zero-order chi connectivity index (χ0) is 69.1. The number of carbonyl (C=O) groups is 8. The lowest BCUT2D eigenvalue weighted by atomic mass is 9.64. The van der Waals surface area contributed by atoms with E-state index < -0.39 is 70.8 Å². The Morgan fingerprint density at radius 3 is 2.26 bits per heavy atom. The van der Waals surface area contributed by atoms with E-state index in [1.54, 1.807) is 55.5 Å². The molecule has 96 heavy (non-hydrogen) atoms. The molecule has 28 nitrogen and oxygen atoms in total. The average Bonchev–Trinajstić information content (AvgIpc) is 1.53. The van der Waals surface area contributed by atoms with Gasteiger partial charge in [0.25, 0.3) is 11.5 Å². The third-order valence-corrected chi connectivity index (χ3v) is 19.1. The van der Waals surface area contributed by atoms with Gasteiger partial charge < -0.3 is 55.7 Å². The maximum atomic E-state index is 14.0. The summed E-state index contributed by atoms with van der Waals surface area (Å²) in [6, 6.07) is 12.4. The molecule has 0 fully saturated rings. The highest BCUT2D eigenvalue weighted by Gasteiger charge is 2.53. The molecule has 4 atom stereocenters. The summed E-state index contributed by atoms with van der Waals surface area (Å²) in [7, 11) is 6.16. The number of anilines is 2. The summed E-state index contributed by atoms with van der Waals surface area (Å²) in [6.07, 6.45) is 6.09. The maximum Gasteiger partial charge on any atom is 0.426 e. The van der Waals surface area contributed by atoms with Gasteiger partial charge in [0.1, 0.15) is 18.6 Å². The third kappa shape index (κ3) is 15.8. The first-order valence-corrected chi connectivity index (χ1v) is 32.8. The Balaban J connectivity index is 0.791. The van der Waals surface area contributed by atoms with E-state index in [-0.39, 0.29) is 85.4 Å². The molecule has 0 spiro atoms. The monoisotopic (exact) mass is 1350 g/mol. The number of carboxylic acids is 1. The smallest absolute Gasteiger partial charge is 0.426 e. The molecule has 0 saturated heterocycles. The van der Waals surface area contributed by atoms with Crippen molar-refractivity contribution in [2.24, 2.45) is 5.92 Å². The molecule has 3 aliphatic heterocycles.